The molecule has 1 saturated heterocycles. The minimum absolute atomic E-state index is 0.0746. The molecule has 1 aliphatic carbocycles. The Morgan fingerprint density at radius 2 is 1.83 bits per heavy atom. The van der Waals surface area contributed by atoms with Gasteiger partial charge in [-0.25, -0.2) is 0 Å². The van der Waals surface area contributed by atoms with Crippen LogP contribution in [-0.4, -0.2) is 35.3 Å². The smallest absolute Gasteiger partial charge is 0.246 e. The highest BCUT2D eigenvalue weighted by Gasteiger charge is 2.50. The summed E-state index contributed by atoms with van der Waals surface area (Å²) in [6.45, 7) is 5.24. The van der Waals surface area contributed by atoms with Crippen molar-refractivity contribution in [3.05, 3.63) is 0 Å². The number of carbonyl (C=O) groups is 2. The maximum absolute atomic E-state index is 12.2. The SMILES string of the molecule is CCC(CC)CN1C(=O)CNC(=O)C12CCCC2. The maximum Gasteiger partial charge on any atom is 0.246 e. The first kappa shape index (κ1) is 13.4. The van der Waals surface area contributed by atoms with Crippen LogP contribution in [0.5, 0.6) is 0 Å². The number of rotatable bonds is 4. The lowest BCUT2D eigenvalue weighted by molar-refractivity contribution is -0.154. The van der Waals surface area contributed by atoms with E-state index in [0.29, 0.717) is 5.92 Å². The summed E-state index contributed by atoms with van der Waals surface area (Å²) < 4.78 is 0. The highest BCUT2D eigenvalue weighted by molar-refractivity contribution is 5.98. The predicted molar refractivity (Wildman–Crippen MR) is 70.0 cm³/mol. The number of amides is 2. The summed E-state index contributed by atoms with van der Waals surface area (Å²) in [6.07, 6.45) is 5.92. The molecule has 1 spiro atoms. The van der Waals surface area contributed by atoms with Crippen LogP contribution in [0.1, 0.15) is 52.4 Å². The molecule has 4 heteroatoms. The first-order valence-corrected chi connectivity index (χ1v) is 7.22. The molecular weight excluding hydrogens is 228 g/mol. The van der Waals surface area contributed by atoms with E-state index in [1.54, 1.807) is 0 Å². The zero-order chi connectivity index (χ0) is 13.2. The molecule has 1 saturated carbocycles. The molecule has 1 N–H and O–H groups in total. The fourth-order valence-corrected chi connectivity index (χ4v) is 3.32. The average molecular weight is 252 g/mol. The Morgan fingerprint density at radius 1 is 1.22 bits per heavy atom. The quantitative estimate of drug-likeness (QED) is 0.828. The molecule has 0 aromatic carbocycles. The zero-order valence-corrected chi connectivity index (χ0v) is 11.5. The van der Waals surface area contributed by atoms with Crippen molar-refractivity contribution < 1.29 is 9.59 Å². The Hall–Kier alpha value is -1.06. The fraction of sp³-hybridized carbons (Fsp3) is 0.857. The topological polar surface area (TPSA) is 49.4 Å². The lowest BCUT2D eigenvalue weighted by Gasteiger charge is -2.44. The van der Waals surface area contributed by atoms with Gasteiger partial charge in [0.05, 0.1) is 6.54 Å². The van der Waals surface area contributed by atoms with Crippen molar-refractivity contribution in [2.45, 2.75) is 57.9 Å². The van der Waals surface area contributed by atoms with Crippen LogP contribution in [0.25, 0.3) is 0 Å². The summed E-state index contributed by atoms with van der Waals surface area (Å²) in [5.74, 6) is 0.686. The summed E-state index contributed by atoms with van der Waals surface area (Å²) >= 11 is 0. The standard InChI is InChI=1S/C14H24N2O2/c1-3-11(4-2)10-16-12(17)9-15-13(18)14(16)7-5-6-8-14/h11H,3-10H2,1-2H3,(H,15,18). The van der Waals surface area contributed by atoms with Crippen LogP contribution >= 0.6 is 0 Å². The van der Waals surface area contributed by atoms with Gasteiger partial charge in [-0.1, -0.05) is 39.5 Å². The second-order valence-corrected chi connectivity index (χ2v) is 5.61. The largest absolute Gasteiger partial charge is 0.345 e. The van der Waals surface area contributed by atoms with Gasteiger partial charge in [0.15, 0.2) is 0 Å². The minimum Gasteiger partial charge on any atom is -0.345 e. The van der Waals surface area contributed by atoms with Crippen molar-refractivity contribution in [2.24, 2.45) is 5.92 Å². The molecule has 2 rings (SSSR count). The van der Waals surface area contributed by atoms with Gasteiger partial charge in [-0.15, -0.1) is 0 Å². The van der Waals surface area contributed by atoms with Gasteiger partial charge in [-0.05, 0) is 18.8 Å². The maximum atomic E-state index is 12.2. The Morgan fingerprint density at radius 3 is 2.39 bits per heavy atom. The molecule has 4 nitrogen and oxygen atoms in total. The second-order valence-electron chi connectivity index (χ2n) is 5.61. The van der Waals surface area contributed by atoms with E-state index in [1.807, 2.05) is 4.90 Å². The zero-order valence-electron chi connectivity index (χ0n) is 11.5. The third-order valence-electron chi connectivity index (χ3n) is 4.67. The number of carbonyl (C=O) groups excluding carboxylic acids is 2. The number of nitrogens with zero attached hydrogens (tertiary/aromatic N) is 1. The van der Waals surface area contributed by atoms with Crippen LogP contribution in [0.3, 0.4) is 0 Å². The molecule has 0 radical (unpaired) electrons. The van der Waals surface area contributed by atoms with Gasteiger partial charge in [0.2, 0.25) is 11.8 Å². The van der Waals surface area contributed by atoms with Crippen LogP contribution in [-0.2, 0) is 9.59 Å². The van der Waals surface area contributed by atoms with E-state index in [2.05, 4.69) is 19.2 Å². The lowest BCUT2D eigenvalue weighted by atomic mass is 9.89. The molecule has 2 amide bonds. The molecule has 2 aliphatic rings. The second kappa shape index (κ2) is 5.29. The monoisotopic (exact) mass is 252 g/mol. The first-order valence-electron chi connectivity index (χ1n) is 7.22. The van der Waals surface area contributed by atoms with Crippen molar-refractivity contribution in [3.8, 4) is 0 Å². The Bertz CT molecular complexity index is 331. The molecule has 102 valence electrons. The van der Waals surface area contributed by atoms with Crippen LogP contribution < -0.4 is 5.32 Å². The Kier molecular flexibility index (Phi) is 3.93. The van der Waals surface area contributed by atoms with Gasteiger partial charge in [-0.3, -0.25) is 9.59 Å². The predicted octanol–water partition coefficient (Wildman–Crippen LogP) is 1.69. The molecule has 18 heavy (non-hydrogen) atoms. The molecular formula is C14H24N2O2. The van der Waals surface area contributed by atoms with Crippen molar-refractivity contribution >= 4 is 11.8 Å². The first-order chi connectivity index (χ1) is 8.64. The highest BCUT2D eigenvalue weighted by atomic mass is 16.2. The van der Waals surface area contributed by atoms with Crippen LogP contribution in [0.2, 0.25) is 0 Å². The summed E-state index contributed by atoms with van der Waals surface area (Å²) in [6, 6.07) is 0. The van der Waals surface area contributed by atoms with Gasteiger partial charge in [0.25, 0.3) is 0 Å². The summed E-state index contributed by atoms with van der Waals surface area (Å²) in [5.41, 5.74) is -0.516. The van der Waals surface area contributed by atoms with E-state index in [1.165, 1.54) is 0 Å². The molecule has 1 heterocycles. The Labute approximate surface area is 109 Å². The molecule has 0 aromatic rings. The summed E-state index contributed by atoms with van der Waals surface area (Å²) in [4.78, 5) is 26.3. The van der Waals surface area contributed by atoms with E-state index >= 15 is 0 Å². The Balaban J connectivity index is 2.21. The third-order valence-corrected chi connectivity index (χ3v) is 4.67. The molecule has 0 bridgehead atoms. The molecule has 0 aromatic heterocycles. The molecule has 0 atom stereocenters. The van der Waals surface area contributed by atoms with Gasteiger partial charge < -0.3 is 10.2 Å². The molecule has 1 aliphatic heterocycles. The van der Waals surface area contributed by atoms with E-state index < -0.39 is 5.54 Å². The van der Waals surface area contributed by atoms with E-state index in [9.17, 15) is 9.59 Å². The van der Waals surface area contributed by atoms with Crippen LogP contribution in [0.15, 0.2) is 0 Å². The van der Waals surface area contributed by atoms with Gasteiger partial charge in [-0.2, -0.15) is 0 Å². The number of hydrogen-bond acceptors (Lipinski definition) is 2. The average Bonchev–Trinajstić information content (AvgIpc) is 2.85. The van der Waals surface area contributed by atoms with Crippen molar-refractivity contribution in [1.29, 1.82) is 0 Å². The number of piperazine rings is 1. The van der Waals surface area contributed by atoms with Crippen molar-refractivity contribution in [3.63, 3.8) is 0 Å². The van der Waals surface area contributed by atoms with Crippen molar-refractivity contribution in [1.82, 2.24) is 10.2 Å². The summed E-state index contributed by atoms with van der Waals surface area (Å²) in [7, 11) is 0. The normalized spacial score (nSPS) is 22.9. The number of hydrogen-bond donors (Lipinski definition) is 1. The van der Waals surface area contributed by atoms with E-state index in [-0.39, 0.29) is 18.4 Å². The van der Waals surface area contributed by atoms with Crippen molar-refractivity contribution in [2.75, 3.05) is 13.1 Å². The van der Waals surface area contributed by atoms with Gasteiger partial charge in [0.1, 0.15) is 5.54 Å². The van der Waals surface area contributed by atoms with Crippen LogP contribution in [0.4, 0.5) is 0 Å². The molecule has 0 unspecified atom stereocenters. The molecule has 2 fully saturated rings. The van der Waals surface area contributed by atoms with Gasteiger partial charge >= 0.3 is 0 Å². The van der Waals surface area contributed by atoms with E-state index in [0.717, 1.165) is 45.1 Å². The number of nitrogens with one attached hydrogen (secondary N) is 1. The van der Waals surface area contributed by atoms with Crippen LogP contribution in [0, 0.1) is 5.92 Å². The highest BCUT2D eigenvalue weighted by Crippen LogP contribution is 2.38. The third kappa shape index (κ3) is 2.13. The van der Waals surface area contributed by atoms with Gasteiger partial charge in [0, 0.05) is 6.54 Å². The van der Waals surface area contributed by atoms with E-state index in [4.69, 9.17) is 0 Å². The lowest BCUT2D eigenvalue weighted by Crippen LogP contribution is -2.66. The minimum atomic E-state index is -0.516. The summed E-state index contributed by atoms with van der Waals surface area (Å²) in [5, 5.41) is 2.77. The fourth-order valence-electron chi connectivity index (χ4n) is 3.32.